The van der Waals surface area contributed by atoms with Crippen LogP contribution in [0.4, 0.5) is 9.59 Å². The van der Waals surface area contributed by atoms with Gasteiger partial charge in [-0.3, -0.25) is 9.80 Å². The smallest absolute Gasteiger partial charge is 0.410 e. The zero-order chi connectivity index (χ0) is 39.7. The van der Waals surface area contributed by atoms with Crippen LogP contribution in [0.25, 0.3) is 44.5 Å². The van der Waals surface area contributed by atoms with E-state index in [-0.39, 0.29) is 29.7 Å². The van der Waals surface area contributed by atoms with Gasteiger partial charge in [0, 0.05) is 13.1 Å². The van der Waals surface area contributed by atoms with Gasteiger partial charge in [-0.1, -0.05) is 55.3 Å². The van der Waals surface area contributed by atoms with E-state index >= 15 is 0 Å². The number of hydrogen-bond acceptors (Lipinski definition) is 6. The summed E-state index contributed by atoms with van der Waals surface area (Å²) in [4.78, 5) is 46.6. The number of imidazole rings is 2. The predicted octanol–water partition coefficient (Wildman–Crippen LogP) is 11.2. The van der Waals surface area contributed by atoms with E-state index in [1.807, 2.05) is 52.6 Å². The second-order valence-electron chi connectivity index (χ2n) is 18.8. The van der Waals surface area contributed by atoms with Crippen molar-refractivity contribution in [1.29, 1.82) is 0 Å². The normalized spacial score (nSPS) is 20.5. The van der Waals surface area contributed by atoms with Crippen LogP contribution < -0.4 is 0 Å². The molecule has 1 saturated carbocycles. The predicted molar refractivity (Wildman–Crippen MR) is 223 cm³/mol. The van der Waals surface area contributed by atoms with Crippen molar-refractivity contribution in [3.05, 3.63) is 83.6 Å². The highest BCUT2D eigenvalue weighted by atomic mass is 16.6. The fraction of sp³-hybridized carbons (Fsp3) is 0.489. The van der Waals surface area contributed by atoms with Gasteiger partial charge in [0.05, 0.1) is 35.0 Å². The van der Waals surface area contributed by atoms with E-state index in [1.54, 1.807) is 4.90 Å². The first-order chi connectivity index (χ1) is 27.3. The largest absolute Gasteiger partial charge is 0.444 e. The third-order valence-electron chi connectivity index (χ3n) is 12.6. The highest BCUT2D eigenvalue weighted by molar-refractivity contribution is 5.86. The lowest BCUT2D eigenvalue weighted by Crippen LogP contribution is -2.36. The van der Waals surface area contributed by atoms with Crippen LogP contribution in [0.5, 0.6) is 0 Å². The maximum Gasteiger partial charge on any atom is 0.410 e. The first kappa shape index (κ1) is 37.5. The Kier molecular flexibility index (Phi) is 9.24. The SMILES string of the molecule is CC(C)(C)OC(=O)N1CCC[C@H]1c1ncc(-c2ccc(-c3ccc(-c4ccc5nc([C@@H]6CCCN6C(=O)OC(C)(C)C)[nH]c5c4)c4c3CCC43CCCC3)cc2)[nH]1. The summed E-state index contributed by atoms with van der Waals surface area (Å²) < 4.78 is 11.4. The Hall–Kier alpha value is -5.12. The van der Waals surface area contributed by atoms with E-state index in [2.05, 4.69) is 64.6 Å². The maximum atomic E-state index is 13.1. The molecule has 2 N–H and O–H groups in total. The van der Waals surface area contributed by atoms with Crippen molar-refractivity contribution < 1.29 is 19.1 Å². The standard InChI is InChI=1S/C47H56N6O4/c1-45(2,3)56-43(54)52-25-9-11-38(52)41-48-28-37(51-41)30-15-13-29(14-16-30)32-18-19-33(40-34(32)21-24-47(40)22-7-8-23-47)31-17-20-35-36(27-31)50-42(49-35)39-12-10-26-53(39)44(55)57-46(4,5)6/h13-20,27-28,38-39H,7-12,21-26H2,1-6H3,(H,48,51)(H,49,50)/t38-,39-/m0/s1. The average Bonchev–Trinajstić information content (AvgIpc) is 4.02. The molecule has 3 aromatic carbocycles. The van der Waals surface area contributed by atoms with Crippen LogP contribution in [0.1, 0.15) is 134 Å². The van der Waals surface area contributed by atoms with Crippen LogP contribution in [-0.2, 0) is 21.3 Å². The van der Waals surface area contributed by atoms with E-state index in [4.69, 9.17) is 19.4 Å². The number of nitrogens with zero attached hydrogens (tertiary/aromatic N) is 4. The molecule has 1 spiro atoms. The van der Waals surface area contributed by atoms with Gasteiger partial charge in [0.15, 0.2) is 0 Å². The van der Waals surface area contributed by atoms with Crippen molar-refractivity contribution in [3.63, 3.8) is 0 Å². The van der Waals surface area contributed by atoms with Crippen LogP contribution in [-0.4, -0.2) is 66.2 Å². The first-order valence-electron chi connectivity index (χ1n) is 21.1. The van der Waals surface area contributed by atoms with Crippen molar-refractivity contribution in [2.75, 3.05) is 13.1 Å². The molecule has 4 heterocycles. The molecule has 298 valence electrons. The van der Waals surface area contributed by atoms with E-state index in [0.717, 1.165) is 66.0 Å². The number of likely N-dealkylation sites (tertiary alicyclic amines) is 2. The van der Waals surface area contributed by atoms with Gasteiger partial charge in [-0.25, -0.2) is 19.6 Å². The molecule has 3 fully saturated rings. The monoisotopic (exact) mass is 768 g/mol. The number of ether oxygens (including phenoxy) is 2. The van der Waals surface area contributed by atoms with E-state index in [1.165, 1.54) is 65.5 Å². The van der Waals surface area contributed by atoms with Crippen molar-refractivity contribution in [1.82, 2.24) is 29.7 Å². The van der Waals surface area contributed by atoms with E-state index < -0.39 is 11.2 Å². The van der Waals surface area contributed by atoms with Gasteiger partial charge in [-0.2, -0.15) is 0 Å². The first-order valence-corrected chi connectivity index (χ1v) is 21.1. The molecular weight excluding hydrogens is 713 g/mol. The number of H-pyrrole nitrogens is 2. The number of rotatable bonds is 5. The molecule has 2 aliphatic carbocycles. The molecule has 2 amide bonds. The Morgan fingerprint density at radius 2 is 1.30 bits per heavy atom. The Morgan fingerprint density at radius 1 is 0.702 bits per heavy atom. The minimum Gasteiger partial charge on any atom is -0.444 e. The second kappa shape index (κ2) is 14.1. The molecule has 5 aromatic rings. The Morgan fingerprint density at radius 3 is 1.95 bits per heavy atom. The van der Waals surface area contributed by atoms with Gasteiger partial charge < -0.3 is 19.4 Å². The van der Waals surface area contributed by atoms with Crippen LogP contribution in [0.15, 0.2) is 60.8 Å². The number of benzene rings is 3. The van der Waals surface area contributed by atoms with Gasteiger partial charge >= 0.3 is 12.2 Å². The minimum atomic E-state index is -0.543. The molecular formula is C47H56N6O4. The highest BCUT2D eigenvalue weighted by Gasteiger charge is 2.44. The Bertz CT molecular complexity index is 2320. The summed E-state index contributed by atoms with van der Waals surface area (Å²) in [5.41, 5.74) is 11.2. The van der Waals surface area contributed by atoms with Gasteiger partial charge in [0.25, 0.3) is 0 Å². The molecule has 0 radical (unpaired) electrons. The van der Waals surface area contributed by atoms with Gasteiger partial charge in [-0.15, -0.1) is 0 Å². The molecule has 2 aromatic heterocycles. The number of amides is 2. The van der Waals surface area contributed by atoms with Gasteiger partial charge in [0.1, 0.15) is 22.9 Å². The van der Waals surface area contributed by atoms with Crippen molar-refractivity contribution in [2.24, 2.45) is 0 Å². The van der Waals surface area contributed by atoms with Crippen LogP contribution >= 0.6 is 0 Å². The number of hydrogen-bond donors (Lipinski definition) is 2. The lowest BCUT2D eigenvalue weighted by atomic mass is 9.76. The second-order valence-corrected chi connectivity index (χ2v) is 18.8. The van der Waals surface area contributed by atoms with E-state index in [0.29, 0.717) is 13.1 Å². The summed E-state index contributed by atoms with van der Waals surface area (Å²) in [5, 5.41) is 0. The van der Waals surface area contributed by atoms with Crippen molar-refractivity contribution in [2.45, 2.75) is 134 Å². The number of carbonyl (C=O) groups is 2. The summed E-state index contributed by atoms with van der Waals surface area (Å²) in [6.07, 6.45) is 12.2. The zero-order valence-corrected chi connectivity index (χ0v) is 34.3. The Balaban J connectivity index is 0.997. The van der Waals surface area contributed by atoms with Gasteiger partial charge in [0.2, 0.25) is 0 Å². The fourth-order valence-corrected chi connectivity index (χ4v) is 10.1. The Labute approximate surface area is 335 Å². The quantitative estimate of drug-likeness (QED) is 0.184. The molecule has 0 unspecified atom stereocenters. The highest BCUT2D eigenvalue weighted by Crippen LogP contribution is 2.55. The third kappa shape index (κ3) is 7.10. The summed E-state index contributed by atoms with van der Waals surface area (Å²) in [6, 6.07) is 19.9. The summed E-state index contributed by atoms with van der Waals surface area (Å²) >= 11 is 0. The molecule has 2 atom stereocenters. The maximum absolute atomic E-state index is 13.1. The van der Waals surface area contributed by atoms with Crippen molar-refractivity contribution in [3.8, 4) is 33.5 Å². The minimum absolute atomic E-state index is 0.116. The fourth-order valence-electron chi connectivity index (χ4n) is 10.1. The molecule has 2 saturated heterocycles. The molecule has 9 rings (SSSR count). The molecule has 10 heteroatoms. The molecule has 10 nitrogen and oxygen atoms in total. The summed E-state index contributed by atoms with van der Waals surface area (Å²) in [5.74, 6) is 1.63. The lowest BCUT2D eigenvalue weighted by Gasteiger charge is -2.28. The number of aromatic nitrogens is 4. The average molecular weight is 769 g/mol. The molecule has 2 aliphatic heterocycles. The summed E-state index contributed by atoms with van der Waals surface area (Å²) in [7, 11) is 0. The number of aromatic amines is 2. The summed E-state index contributed by atoms with van der Waals surface area (Å²) in [6.45, 7) is 12.8. The van der Waals surface area contributed by atoms with E-state index in [9.17, 15) is 9.59 Å². The molecule has 4 aliphatic rings. The zero-order valence-electron chi connectivity index (χ0n) is 34.3. The van der Waals surface area contributed by atoms with Crippen LogP contribution in [0.2, 0.25) is 0 Å². The molecule has 57 heavy (non-hydrogen) atoms. The van der Waals surface area contributed by atoms with Gasteiger partial charge in [-0.05, 0) is 149 Å². The van der Waals surface area contributed by atoms with Crippen molar-refractivity contribution >= 4 is 23.2 Å². The van der Waals surface area contributed by atoms with Crippen LogP contribution in [0.3, 0.4) is 0 Å². The lowest BCUT2D eigenvalue weighted by molar-refractivity contribution is 0.0208. The topological polar surface area (TPSA) is 116 Å². The number of fused-ring (bicyclic) bond motifs is 3. The van der Waals surface area contributed by atoms with Crippen LogP contribution in [0, 0.1) is 0 Å². The third-order valence-corrected chi connectivity index (χ3v) is 12.6. The number of nitrogens with one attached hydrogen (secondary N) is 2. The number of carbonyl (C=O) groups excluding carboxylic acids is 2. The molecule has 0 bridgehead atoms.